The standard InChI is InChI=1S/3C3H3N3O2S.3Na/c3*7-3(8)1-2(9)5-6-4-1;;;/h3*(H,7,8)(H2,4,5,6,9);;;/q;;;3*+1/p-3. The van der Waals surface area contributed by atoms with E-state index in [0.29, 0.717) is 0 Å². The average Bonchev–Trinajstić information content (AvgIpc) is 3.29. The molecule has 3 aromatic rings. The second-order valence-corrected chi connectivity index (χ2v) is 5.23. The minimum Gasteiger partial charge on any atom is -0.543 e. The Kier molecular flexibility index (Phi) is 20.0. The number of aromatic carboxylic acids is 3. The Hall–Kier alpha value is -0.120. The summed E-state index contributed by atoms with van der Waals surface area (Å²) in [5.41, 5.74) is -0.796. The first kappa shape index (κ1) is 34.5. The van der Waals surface area contributed by atoms with Crippen LogP contribution in [0.5, 0.6) is 0 Å². The second-order valence-electron chi connectivity index (χ2n) is 3.89. The quantitative estimate of drug-likeness (QED) is 0.145. The third-order valence-electron chi connectivity index (χ3n) is 2.17. The monoisotopic (exact) mass is 501 g/mol. The Morgan fingerprint density at radius 3 is 0.833 bits per heavy atom. The fourth-order valence-electron chi connectivity index (χ4n) is 1.08. The minimum absolute atomic E-state index is 0. The normalized spacial score (nSPS) is 8.50. The van der Waals surface area contributed by atoms with Gasteiger partial charge in [0, 0.05) is 0 Å². The van der Waals surface area contributed by atoms with Gasteiger partial charge in [0.2, 0.25) is 0 Å². The zero-order chi connectivity index (χ0) is 20.6. The number of aromatic amines is 3. The van der Waals surface area contributed by atoms with Crippen molar-refractivity contribution in [1.82, 2.24) is 46.2 Å². The van der Waals surface area contributed by atoms with E-state index in [9.17, 15) is 29.7 Å². The van der Waals surface area contributed by atoms with Crippen LogP contribution in [0.2, 0.25) is 0 Å². The van der Waals surface area contributed by atoms with Gasteiger partial charge in [-0.2, -0.15) is 0 Å². The van der Waals surface area contributed by atoms with Crippen LogP contribution in [0, 0.1) is 0 Å². The first-order valence-corrected chi connectivity index (χ1v) is 7.43. The van der Waals surface area contributed by atoms with E-state index in [4.69, 9.17) is 0 Å². The fourth-order valence-corrected chi connectivity index (χ4v) is 1.62. The molecule has 30 heavy (non-hydrogen) atoms. The summed E-state index contributed by atoms with van der Waals surface area (Å²) < 4.78 is 0. The average molecular weight is 501 g/mol. The van der Waals surface area contributed by atoms with E-state index in [0.717, 1.165) is 0 Å². The number of hydrogen-bond acceptors (Lipinski definition) is 15. The van der Waals surface area contributed by atoms with Crippen molar-refractivity contribution in [2.45, 2.75) is 15.1 Å². The number of nitrogens with zero attached hydrogens (tertiary/aromatic N) is 6. The Labute approximate surface area is 249 Å². The maximum atomic E-state index is 10.0. The smallest absolute Gasteiger partial charge is 0.543 e. The predicted molar refractivity (Wildman–Crippen MR) is 83.9 cm³/mol. The predicted octanol–water partition coefficient (Wildman–Crippen LogP) is -13.6. The summed E-state index contributed by atoms with van der Waals surface area (Å²) in [7, 11) is 0. The zero-order valence-corrected chi connectivity index (χ0v) is 24.2. The molecule has 0 amide bonds. The van der Waals surface area contributed by atoms with Crippen molar-refractivity contribution < 1.29 is 118 Å². The molecule has 0 radical (unpaired) electrons. The number of hydrogen-bond donors (Lipinski definition) is 6. The van der Waals surface area contributed by atoms with E-state index in [1.165, 1.54) is 0 Å². The van der Waals surface area contributed by atoms with Crippen molar-refractivity contribution in [1.29, 1.82) is 0 Å². The number of thiol groups is 3. The van der Waals surface area contributed by atoms with Crippen molar-refractivity contribution in [3.05, 3.63) is 17.1 Å². The van der Waals surface area contributed by atoms with Gasteiger partial charge in [-0.15, -0.1) is 53.2 Å². The molecule has 0 aromatic carbocycles. The molecule has 21 heteroatoms. The topological polar surface area (TPSA) is 245 Å². The molecule has 0 unspecified atom stereocenters. The third-order valence-corrected chi connectivity index (χ3v) is 3.11. The van der Waals surface area contributed by atoms with Crippen LogP contribution in [-0.4, -0.2) is 64.1 Å². The molecule has 0 aliphatic heterocycles. The first-order valence-electron chi connectivity index (χ1n) is 6.09. The molecule has 15 nitrogen and oxygen atoms in total. The van der Waals surface area contributed by atoms with Crippen LogP contribution >= 0.6 is 37.9 Å². The van der Waals surface area contributed by atoms with Gasteiger partial charge in [-0.05, 0) is 0 Å². The molecule has 0 fully saturated rings. The molecule has 3 N–H and O–H groups in total. The summed E-state index contributed by atoms with van der Waals surface area (Å²) >= 11 is 11.1. The molecular formula is C9H6N9Na3O6S3. The molecule has 3 aromatic heterocycles. The van der Waals surface area contributed by atoms with E-state index in [1.54, 1.807) is 0 Å². The molecule has 3 rings (SSSR count). The number of aromatic nitrogens is 9. The summed E-state index contributed by atoms with van der Waals surface area (Å²) in [4.78, 5) is 30.0. The van der Waals surface area contributed by atoms with Crippen LogP contribution in [-0.2, 0) is 0 Å². The SMILES string of the molecule is O=C([O-])c1nn[nH]c1S.O=C([O-])c1nn[nH]c1S.O=C([O-])c1nn[nH]c1S.[Na+].[Na+].[Na+]. The van der Waals surface area contributed by atoms with E-state index in [1.807, 2.05) is 0 Å². The summed E-state index contributed by atoms with van der Waals surface area (Å²) in [6.45, 7) is 0. The van der Waals surface area contributed by atoms with Crippen LogP contribution < -0.4 is 104 Å². The number of carbonyl (C=O) groups excluding carboxylic acids is 3. The molecule has 0 spiro atoms. The van der Waals surface area contributed by atoms with Crippen LogP contribution in [0.4, 0.5) is 0 Å². The molecular weight excluding hydrogens is 495 g/mol. The Balaban J connectivity index is -0.000000347. The summed E-state index contributed by atoms with van der Waals surface area (Å²) in [5.74, 6) is -4.14. The van der Waals surface area contributed by atoms with Crippen LogP contribution in [0.15, 0.2) is 15.1 Å². The van der Waals surface area contributed by atoms with Crippen molar-refractivity contribution in [2.75, 3.05) is 0 Å². The molecule has 0 aliphatic rings. The second kappa shape index (κ2) is 17.4. The van der Waals surface area contributed by atoms with E-state index >= 15 is 0 Å². The molecule has 0 bridgehead atoms. The molecule has 0 atom stereocenters. The number of rotatable bonds is 3. The van der Waals surface area contributed by atoms with Gasteiger partial charge in [0.15, 0.2) is 0 Å². The summed E-state index contributed by atoms with van der Waals surface area (Å²) in [6.07, 6.45) is 0. The van der Waals surface area contributed by atoms with Crippen LogP contribution in [0.25, 0.3) is 0 Å². The van der Waals surface area contributed by atoms with Crippen molar-refractivity contribution >= 4 is 55.8 Å². The van der Waals surface area contributed by atoms with E-state index in [2.05, 4.69) is 84.1 Å². The number of carboxylic acids is 3. The molecule has 3 heterocycles. The van der Waals surface area contributed by atoms with E-state index in [-0.39, 0.29) is 121 Å². The number of nitrogens with one attached hydrogen (secondary N) is 3. The molecule has 144 valence electrons. The van der Waals surface area contributed by atoms with Crippen molar-refractivity contribution in [3.8, 4) is 0 Å². The largest absolute Gasteiger partial charge is 1.00 e. The fraction of sp³-hybridized carbons (Fsp3) is 0. The Morgan fingerprint density at radius 1 is 0.567 bits per heavy atom. The molecule has 0 aliphatic carbocycles. The summed E-state index contributed by atoms with van der Waals surface area (Å²) in [5, 5.41) is 56.0. The van der Waals surface area contributed by atoms with Gasteiger partial charge in [0.05, 0.1) is 17.9 Å². The van der Waals surface area contributed by atoms with Gasteiger partial charge in [-0.3, -0.25) is 15.3 Å². The molecule has 0 saturated carbocycles. The van der Waals surface area contributed by atoms with Gasteiger partial charge in [-0.1, -0.05) is 15.6 Å². The van der Waals surface area contributed by atoms with Crippen LogP contribution in [0.1, 0.15) is 31.5 Å². The van der Waals surface area contributed by atoms with Gasteiger partial charge >= 0.3 is 88.7 Å². The first-order chi connectivity index (χ1) is 12.6. The number of carbonyl (C=O) groups is 3. The zero-order valence-electron chi connectivity index (χ0n) is 15.5. The Bertz CT molecular complexity index is 832. The maximum absolute atomic E-state index is 10.0. The maximum Gasteiger partial charge on any atom is 1.00 e. The van der Waals surface area contributed by atoms with E-state index < -0.39 is 17.9 Å². The van der Waals surface area contributed by atoms with Gasteiger partial charge in [-0.25, -0.2) is 0 Å². The van der Waals surface area contributed by atoms with Gasteiger partial charge in [0.1, 0.15) is 32.2 Å². The minimum atomic E-state index is -1.38. The van der Waals surface area contributed by atoms with Gasteiger partial charge in [0.25, 0.3) is 0 Å². The Morgan fingerprint density at radius 2 is 0.767 bits per heavy atom. The summed E-state index contributed by atoms with van der Waals surface area (Å²) in [6, 6.07) is 0. The molecule has 0 saturated heterocycles. The van der Waals surface area contributed by atoms with Gasteiger partial charge < -0.3 is 29.7 Å². The van der Waals surface area contributed by atoms with Crippen molar-refractivity contribution in [2.24, 2.45) is 0 Å². The van der Waals surface area contributed by atoms with Crippen molar-refractivity contribution in [3.63, 3.8) is 0 Å². The third kappa shape index (κ3) is 11.5. The van der Waals surface area contributed by atoms with Crippen LogP contribution in [0.3, 0.4) is 0 Å². The number of H-pyrrole nitrogens is 3. The number of carboxylic acid groups (broad SMARTS) is 3.